The van der Waals surface area contributed by atoms with Crippen LogP contribution in [-0.2, 0) is 26.4 Å². The number of imidazole rings is 1. The first kappa shape index (κ1) is 13.8. The number of nitrogens with zero attached hydrogens (tertiary/aromatic N) is 4. The van der Waals surface area contributed by atoms with Gasteiger partial charge in [0.05, 0.1) is 6.20 Å². The molecule has 19 heavy (non-hydrogen) atoms. The van der Waals surface area contributed by atoms with Gasteiger partial charge in [0.1, 0.15) is 5.82 Å². The van der Waals surface area contributed by atoms with Crippen molar-refractivity contribution in [2.75, 3.05) is 6.54 Å². The number of aromatic nitrogens is 4. The minimum atomic E-state index is 0.441. The van der Waals surface area contributed by atoms with Crippen molar-refractivity contribution in [2.24, 2.45) is 7.05 Å². The van der Waals surface area contributed by atoms with Gasteiger partial charge in [-0.25, -0.2) is 4.98 Å². The standard InChI is InChI=1S/C14H23N5/c1-4-14-16-7-8-19(14)10-12(2)15-6-5-13-9-17-18(3)11-13/h7-9,11-12,15H,4-6,10H2,1-3H3/t12-/m1/s1. The summed E-state index contributed by atoms with van der Waals surface area (Å²) in [7, 11) is 1.95. The zero-order chi connectivity index (χ0) is 13.7. The lowest BCUT2D eigenvalue weighted by molar-refractivity contribution is 0.471. The quantitative estimate of drug-likeness (QED) is 0.819. The summed E-state index contributed by atoms with van der Waals surface area (Å²) in [6, 6.07) is 0.441. The highest BCUT2D eigenvalue weighted by atomic mass is 15.2. The van der Waals surface area contributed by atoms with Gasteiger partial charge in [-0.1, -0.05) is 6.92 Å². The van der Waals surface area contributed by atoms with Gasteiger partial charge in [0.2, 0.25) is 0 Å². The van der Waals surface area contributed by atoms with Crippen molar-refractivity contribution >= 4 is 0 Å². The SMILES string of the molecule is CCc1nccn1C[C@@H](C)NCCc1cnn(C)c1. The fraction of sp³-hybridized carbons (Fsp3) is 0.571. The molecule has 0 fully saturated rings. The third-order valence-electron chi connectivity index (χ3n) is 3.25. The molecule has 5 nitrogen and oxygen atoms in total. The number of hydrogen-bond acceptors (Lipinski definition) is 3. The molecule has 0 aromatic carbocycles. The van der Waals surface area contributed by atoms with Gasteiger partial charge >= 0.3 is 0 Å². The zero-order valence-electron chi connectivity index (χ0n) is 12.0. The monoisotopic (exact) mass is 261 g/mol. The van der Waals surface area contributed by atoms with Crippen LogP contribution in [0.15, 0.2) is 24.8 Å². The van der Waals surface area contributed by atoms with E-state index < -0.39 is 0 Å². The van der Waals surface area contributed by atoms with E-state index in [1.165, 1.54) is 5.56 Å². The van der Waals surface area contributed by atoms with E-state index in [4.69, 9.17) is 0 Å². The molecule has 0 saturated heterocycles. The van der Waals surface area contributed by atoms with Gasteiger partial charge < -0.3 is 9.88 Å². The predicted octanol–water partition coefficient (Wildman–Crippen LogP) is 1.40. The first-order chi connectivity index (χ1) is 9.19. The van der Waals surface area contributed by atoms with Gasteiger partial charge in [-0.05, 0) is 25.5 Å². The molecule has 0 spiro atoms. The van der Waals surface area contributed by atoms with Crippen molar-refractivity contribution in [1.82, 2.24) is 24.6 Å². The molecule has 0 amide bonds. The average Bonchev–Trinajstić information content (AvgIpc) is 2.98. The Morgan fingerprint density at radius 1 is 1.42 bits per heavy atom. The molecule has 5 heteroatoms. The van der Waals surface area contributed by atoms with Gasteiger partial charge in [0, 0.05) is 44.6 Å². The molecule has 0 bridgehead atoms. The van der Waals surface area contributed by atoms with Crippen LogP contribution in [0.3, 0.4) is 0 Å². The van der Waals surface area contributed by atoms with E-state index >= 15 is 0 Å². The summed E-state index contributed by atoms with van der Waals surface area (Å²) in [6.45, 7) is 6.29. The van der Waals surface area contributed by atoms with E-state index in [2.05, 4.69) is 46.2 Å². The van der Waals surface area contributed by atoms with Gasteiger partial charge in [0.25, 0.3) is 0 Å². The Balaban J connectivity index is 1.74. The first-order valence-electron chi connectivity index (χ1n) is 6.90. The first-order valence-corrected chi connectivity index (χ1v) is 6.90. The fourth-order valence-corrected chi connectivity index (χ4v) is 2.24. The van der Waals surface area contributed by atoms with Crippen LogP contribution in [0, 0.1) is 0 Å². The Morgan fingerprint density at radius 3 is 2.95 bits per heavy atom. The highest BCUT2D eigenvalue weighted by Gasteiger charge is 2.06. The zero-order valence-corrected chi connectivity index (χ0v) is 12.0. The van der Waals surface area contributed by atoms with Crippen molar-refractivity contribution in [3.05, 3.63) is 36.2 Å². The van der Waals surface area contributed by atoms with Crippen LogP contribution in [0.4, 0.5) is 0 Å². The molecular formula is C14H23N5. The second-order valence-corrected chi connectivity index (χ2v) is 4.98. The van der Waals surface area contributed by atoms with E-state index in [9.17, 15) is 0 Å². The lowest BCUT2D eigenvalue weighted by Crippen LogP contribution is -2.32. The molecule has 0 aliphatic carbocycles. The summed E-state index contributed by atoms with van der Waals surface area (Å²) in [5, 5.41) is 7.72. The van der Waals surface area contributed by atoms with Crippen molar-refractivity contribution in [2.45, 2.75) is 39.3 Å². The van der Waals surface area contributed by atoms with Crippen LogP contribution in [0.1, 0.15) is 25.2 Å². The summed E-state index contributed by atoms with van der Waals surface area (Å²) in [4.78, 5) is 4.34. The molecule has 0 unspecified atom stereocenters. The summed E-state index contributed by atoms with van der Waals surface area (Å²) in [5.74, 6) is 1.15. The number of nitrogens with one attached hydrogen (secondary N) is 1. The summed E-state index contributed by atoms with van der Waals surface area (Å²) >= 11 is 0. The van der Waals surface area contributed by atoms with E-state index in [0.717, 1.165) is 31.8 Å². The molecule has 2 rings (SSSR count). The normalized spacial score (nSPS) is 12.8. The lowest BCUT2D eigenvalue weighted by atomic mass is 10.2. The molecule has 104 valence electrons. The number of hydrogen-bond donors (Lipinski definition) is 1. The molecule has 2 aromatic rings. The summed E-state index contributed by atoms with van der Waals surface area (Å²) in [5.41, 5.74) is 1.28. The molecule has 2 aromatic heterocycles. The Morgan fingerprint density at radius 2 is 2.26 bits per heavy atom. The van der Waals surface area contributed by atoms with E-state index in [1.807, 2.05) is 24.1 Å². The third kappa shape index (κ3) is 3.92. The second kappa shape index (κ2) is 6.52. The van der Waals surface area contributed by atoms with E-state index in [0.29, 0.717) is 6.04 Å². The summed E-state index contributed by atoms with van der Waals surface area (Å²) < 4.78 is 4.07. The van der Waals surface area contributed by atoms with E-state index in [1.54, 1.807) is 0 Å². The second-order valence-electron chi connectivity index (χ2n) is 4.98. The maximum Gasteiger partial charge on any atom is 0.108 e. The summed E-state index contributed by atoms with van der Waals surface area (Å²) in [6.07, 6.45) is 9.92. The molecule has 1 atom stereocenters. The molecule has 0 radical (unpaired) electrons. The number of aryl methyl sites for hydroxylation is 2. The fourth-order valence-electron chi connectivity index (χ4n) is 2.24. The van der Waals surface area contributed by atoms with Crippen LogP contribution < -0.4 is 5.32 Å². The minimum Gasteiger partial charge on any atom is -0.333 e. The van der Waals surface area contributed by atoms with Gasteiger partial charge in [-0.15, -0.1) is 0 Å². The van der Waals surface area contributed by atoms with E-state index in [-0.39, 0.29) is 0 Å². The molecule has 1 N–H and O–H groups in total. The predicted molar refractivity (Wildman–Crippen MR) is 76.0 cm³/mol. The molecule has 0 saturated carbocycles. The maximum atomic E-state index is 4.34. The molecular weight excluding hydrogens is 238 g/mol. The van der Waals surface area contributed by atoms with Crippen molar-refractivity contribution in [1.29, 1.82) is 0 Å². The minimum absolute atomic E-state index is 0.441. The lowest BCUT2D eigenvalue weighted by Gasteiger charge is -2.15. The largest absolute Gasteiger partial charge is 0.333 e. The Kier molecular flexibility index (Phi) is 4.74. The Hall–Kier alpha value is -1.62. The smallest absolute Gasteiger partial charge is 0.108 e. The molecule has 0 aliphatic heterocycles. The van der Waals surface area contributed by atoms with Crippen molar-refractivity contribution in [3.63, 3.8) is 0 Å². The third-order valence-corrected chi connectivity index (χ3v) is 3.25. The van der Waals surface area contributed by atoms with Crippen molar-refractivity contribution in [3.8, 4) is 0 Å². The van der Waals surface area contributed by atoms with Crippen LogP contribution in [0.5, 0.6) is 0 Å². The molecule has 0 aliphatic rings. The van der Waals surface area contributed by atoms with Gasteiger partial charge in [-0.2, -0.15) is 5.10 Å². The molecule has 2 heterocycles. The Labute approximate surface area is 114 Å². The van der Waals surface area contributed by atoms with Crippen LogP contribution in [0.25, 0.3) is 0 Å². The maximum absolute atomic E-state index is 4.34. The van der Waals surface area contributed by atoms with Crippen LogP contribution >= 0.6 is 0 Å². The topological polar surface area (TPSA) is 47.7 Å². The Bertz CT molecular complexity index is 499. The number of rotatable bonds is 7. The van der Waals surface area contributed by atoms with Crippen LogP contribution in [0.2, 0.25) is 0 Å². The van der Waals surface area contributed by atoms with Gasteiger partial charge in [0.15, 0.2) is 0 Å². The van der Waals surface area contributed by atoms with Crippen LogP contribution in [-0.4, -0.2) is 31.9 Å². The highest BCUT2D eigenvalue weighted by Crippen LogP contribution is 2.01. The average molecular weight is 261 g/mol. The van der Waals surface area contributed by atoms with Crippen molar-refractivity contribution < 1.29 is 0 Å². The highest BCUT2D eigenvalue weighted by molar-refractivity contribution is 5.03. The van der Waals surface area contributed by atoms with Gasteiger partial charge in [-0.3, -0.25) is 4.68 Å².